The monoisotopic (exact) mass is 374 g/mol. The Balaban J connectivity index is 0.00000144. The lowest BCUT2D eigenvalue weighted by atomic mass is 9.99. The highest BCUT2D eigenvalue weighted by atomic mass is 35.5. The summed E-state index contributed by atoms with van der Waals surface area (Å²) in [7, 11) is 1.37. The molecule has 9 heteroatoms. The molecule has 2 unspecified atom stereocenters. The second kappa shape index (κ2) is 9.61. The van der Waals surface area contributed by atoms with Gasteiger partial charge in [0.25, 0.3) is 0 Å². The molecule has 2 aromatic rings. The van der Waals surface area contributed by atoms with E-state index in [9.17, 15) is 4.79 Å². The Morgan fingerprint density at radius 1 is 1.33 bits per heavy atom. The average molecular weight is 375 g/mol. The third-order valence-electron chi connectivity index (χ3n) is 3.63. The minimum atomic E-state index is -0.519. The van der Waals surface area contributed by atoms with Crippen molar-refractivity contribution in [3.05, 3.63) is 53.3 Å². The van der Waals surface area contributed by atoms with Gasteiger partial charge in [0.2, 0.25) is 0 Å². The first-order valence-corrected chi connectivity index (χ1v) is 7.05. The third kappa shape index (κ3) is 4.46. The van der Waals surface area contributed by atoms with Crippen LogP contribution in [0.15, 0.2) is 36.5 Å². The van der Waals surface area contributed by atoms with Gasteiger partial charge in [-0.1, -0.05) is 30.3 Å². The largest absolute Gasteiger partial charge is 0.468 e. The molecule has 0 saturated carbocycles. The van der Waals surface area contributed by atoms with Crippen LogP contribution in [0.4, 0.5) is 0 Å². The fraction of sp³-hybridized carbons (Fsp3) is 0.333. The molecule has 24 heavy (non-hydrogen) atoms. The maximum atomic E-state index is 11.7. The van der Waals surface area contributed by atoms with Gasteiger partial charge in [0.05, 0.1) is 31.6 Å². The number of fused-ring (bicyclic) bond motifs is 1. The van der Waals surface area contributed by atoms with Crippen LogP contribution in [0, 0.1) is 0 Å². The Hall–Kier alpha value is -1.64. The van der Waals surface area contributed by atoms with Gasteiger partial charge < -0.3 is 4.74 Å². The average Bonchev–Trinajstić information content (AvgIpc) is 3.05. The van der Waals surface area contributed by atoms with Gasteiger partial charge in [0, 0.05) is 12.1 Å². The molecule has 2 heterocycles. The molecule has 1 aromatic carbocycles. The van der Waals surface area contributed by atoms with Crippen LogP contribution in [0.1, 0.15) is 28.9 Å². The lowest BCUT2D eigenvalue weighted by Gasteiger charge is -2.28. The maximum absolute atomic E-state index is 11.7. The minimum absolute atomic E-state index is 0. The van der Waals surface area contributed by atoms with E-state index in [0.29, 0.717) is 18.8 Å². The Kier molecular flexibility index (Phi) is 8.17. The summed E-state index contributed by atoms with van der Waals surface area (Å²) in [6.45, 7) is 1.01. The van der Waals surface area contributed by atoms with Gasteiger partial charge in [0.15, 0.2) is 0 Å². The van der Waals surface area contributed by atoms with Gasteiger partial charge in [-0.25, -0.2) is 4.79 Å². The highest BCUT2D eigenvalue weighted by Crippen LogP contribution is 2.27. The van der Waals surface area contributed by atoms with E-state index < -0.39 is 6.04 Å². The van der Waals surface area contributed by atoms with E-state index >= 15 is 0 Å². The number of hydroxylamine groups is 1. The Morgan fingerprint density at radius 3 is 2.79 bits per heavy atom. The number of carbonyl (C=O) groups excluding carboxylic acids is 1. The number of nitrogens with zero attached hydrogens (tertiary/aromatic N) is 1. The second-order valence-electron chi connectivity index (χ2n) is 5.05. The van der Waals surface area contributed by atoms with Gasteiger partial charge in [-0.15, -0.1) is 24.8 Å². The van der Waals surface area contributed by atoms with Crippen LogP contribution < -0.4 is 10.8 Å². The quantitative estimate of drug-likeness (QED) is 0.546. The van der Waals surface area contributed by atoms with Crippen molar-refractivity contribution in [3.63, 3.8) is 0 Å². The lowest BCUT2D eigenvalue weighted by Crippen LogP contribution is -2.42. The standard InChI is InChI=1S/C15H18N4O3.2ClH/c1-21-15(20)14-13-11(7-17-18-13)12(8-16-14)19-22-9-10-5-3-2-4-6-10;;/h2-7,12,14,16,19H,8-9H2,1H3,(H,17,18);2*1H. The Labute approximate surface area is 152 Å². The first kappa shape index (κ1) is 20.4. The van der Waals surface area contributed by atoms with E-state index in [2.05, 4.69) is 21.0 Å². The molecule has 0 aliphatic carbocycles. The van der Waals surface area contributed by atoms with Gasteiger partial charge in [-0.05, 0) is 5.56 Å². The van der Waals surface area contributed by atoms with Crippen molar-refractivity contribution in [1.29, 1.82) is 0 Å². The highest BCUT2D eigenvalue weighted by Gasteiger charge is 2.33. The van der Waals surface area contributed by atoms with Gasteiger partial charge >= 0.3 is 5.97 Å². The number of esters is 1. The Morgan fingerprint density at radius 2 is 2.08 bits per heavy atom. The second-order valence-corrected chi connectivity index (χ2v) is 5.05. The molecule has 0 saturated heterocycles. The molecule has 1 aromatic heterocycles. The third-order valence-corrected chi connectivity index (χ3v) is 3.63. The lowest BCUT2D eigenvalue weighted by molar-refractivity contribution is -0.143. The highest BCUT2D eigenvalue weighted by molar-refractivity contribution is 5.85. The number of aromatic nitrogens is 2. The molecule has 3 N–H and O–H groups in total. The molecule has 1 aliphatic heterocycles. The summed E-state index contributed by atoms with van der Waals surface area (Å²) in [5.41, 5.74) is 5.71. The summed E-state index contributed by atoms with van der Waals surface area (Å²) in [6.07, 6.45) is 1.70. The Bertz CT molecular complexity index is 639. The van der Waals surface area contributed by atoms with Crippen LogP contribution >= 0.6 is 24.8 Å². The number of methoxy groups -OCH3 is 1. The molecule has 0 radical (unpaired) electrons. The van der Waals surface area contributed by atoms with E-state index in [1.54, 1.807) is 6.20 Å². The molecular weight excluding hydrogens is 355 g/mol. The number of H-pyrrole nitrogens is 1. The zero-order valence-corrected chi connectivity index (χ0v) is 14.7. The minimum Gasteiger partial charge on any atom is -0.468 e. The number of nitrogens with one attached hydrogen (secondary N) is 3. The van der Waals surface area contributed by atoms with Crippen molar-refractivity contribution in [3.8, 4) is 0 Å². The van der Waals surface area contributed by atoms with Crippen molar-refractivity contribution in [2.75, 3.05) is 13.7 Å². The van der Waals surface area contributed by atoms with Crippen molar-refractivity contribution < 1.29 is 14.4 Å². The molecule has 0 fully saturated rings. The molecule has 0 spiro atoms. The molecular formula is C15H20Cl2N4O3. The van der Waals surface area contributed by atoms with Gasteiger partial charge in [0.1, 0.15) is 6.04 Å². The van der Waals surface area contributed by atoms with Crippen LogP contribution in [0.3, 0.4) is 0 Å². The molecule has 0 bridgehead atoms. The topological polar surface area (TPSA) is 88.3 Å². The van der Waals surface area contributed by atoms with E-state index in [1.165, 1.54) is 7.11 Å². The van der Waals surface area contributed by atoms with Crippen LogP contribution in [-0.2, 0) is 21.0 Å². The van der Waals surface area contributed by atoms with Crippen LogP contribution in [0.2, 0.25) is 0 Å². The fourth-order valence-electron chi connectivity index (χ4n) is 2.49. The van der Waals surface area contributed by atoms with Crippen LogP contribution in [0.25, 0.3) is 0 Å². The van der Waals surface area contributed by atoms with Crippen molar-refractivity contribution in [2.45, 2.75) is 18.7 Å². The number of aromatic amines is 1. The predicted octanol–water partition coefficient (Wildman–Crippen LogP) is 1.83. The summed E-state index contributed by atoms with van der Waals surface area (Å²) < 4.78 is 4.79. The molecule has 0 amide bonds. The summed E-state index contributed by atoms with van der Waals surface area (Å²) in [5, 5.41) is 9.99. The first-order chi connectivity index (χ1) is 10.8. The summed E-state index contributed by atoms with van der Waals surface area (Å²) in [5.74, 6) is -0.339. The maximum Gasteiger partial charge on any atom is 0.329 e. The smallest absolute Gasteiger partial charge is 0.329 e. The van der Waals surface area contributed by atoms with E-state index in [1.807, 2.05) is 30.3 Å². The zero-order valence-electron chi connectivity index (χ0n) is 13.0. The van der Waals surface area contributed by atoms with Crippen molar-refractivity contribution >= 4 is 30.8 Å². The molecule has 1 aliphatic rings. The zero-order chi connectivity index (χ0) is 15.4. The van der Waals surface area contributed by atoms with Crippen molar-refractivity contribution in [2.24, 2.45) is 0 Å². The van der Waals surface area contributed by atoms with E-state index in [4.69, 9.17) is 9.57 Å². The number of hydrogen-bond donors (Lipinski definition) is 3. The molecule has 3 rings (SSSR count). The van der Waals surface area contributed by atoms with Crippen LogP contribution in [0.5, 0.6) is 0 Å². The van der Waals surface area contributed by atoms with Crippen molar-refractivity contribution in [1.82, 2.24) is 21.0 Å². The number of ether oxygens (including phenoxy) is 1. The number of benzene rings is 1. The van der Waals surface area contributed by atoms with Gasteiger partial charge in [-0.3, -0.25) is 15.3 Å². The number of halogens is 2. The molecule has 132 valence electrons. The molecule has 2 atom stereocenters. The van der Waals surface area contributed by atoms with E-state index in [0.717, 1.165) is 11.1 Å². The summed E-state index contributed by atoms with van der Waals surface area (Å²) >= 11 is 0. The molecule has 7 nitrogen and oxygen atoms in total. The van der Waals surface area contributed by atoms with Crippen LogP contribution in [-0.4, -0.2) is 29.8 Å². The van der Waals surface area contributed by atoms with E-state index in [-0.39, 0.29) is 36.8 Å². The van der Waals surface area contributed by atoms with Gasteiger partial charge in [-0.2, -0.15) is 10.6 Å². The number of rotatable bonds is 5. The predicted molar refractivity (Wildman–Crippen MR) is 93.0 cm³/mol. The first-order valence-electron chi connectivity index (χ1n) is 7.05. The summed E-state index contributed by atoms with van der Waals surface area (Å²) in [4.78, 5) is 17.3. The normalized spacial score (nSPS) is 18.7. The number of carbonyl (C=O) groups is 1. The summed E-state index contributed by atoms with van der Waals surface area (Å²) in [6, 6.07) is 9.29. The fourth-order valence-corrected chi connectivity index (χ4v) is 2.49. The SMILES string of the molecule is COC(=O)C1NCC(NOCc2ccccc2)c2cn[nH]c21.Cl.Cl. The number of hydrogen-bond acceptors (Lipinski definition) is 6.